The molecule has 0 radical (unpaired) electrons. The van der Waals surface area contributed by atoms with Crippen LogP contribution in [0.15, 0.2) is 0 Å². The quantitative estimate of drug-likeness (QED) is 0.283. The first-order valence-electron chi connectivity index (χ1n) is 3.75. The molecule has 6 nitrogen and oxygen atoms in total. The van der Waals surface area contributed by atoms with Crippen LogP contribution in [0.3, 0.4) is 0 Å². The molecule has 0 aromatic carbocycles. The van der Waals surface area contributed by atoms with Crippen LogP contribution >= 0.6 is 0 Å². The van der Waals surface area contributed by atoms with E-state index in [1.807, 2.05) is 0 Å². The van der Waals surface area contributed by atoms with Gasteiger partial charge in [-0.25, -0.2) is 0 Å². The Hall–Kier alpha value is -0.530. The van der Waals surface area contributed by atoms with E-state index in [1.54, 1.807) is 0 Å². The van der Waals surface area contributed by atoms with Crippen molar-refractivity contribution in [2.75, 3.05) is 6.61 Å². The molecule has 0 spiro atoms. The second kappa shape index (κ2) is 5.18. The average molecular weight is 182 g/mol. The van der Waals surface area contributed by atoms with E-state index in [0.717, 1.165) is 0 Å². The fourth-order valence-electron chi connectivity index (χ4n) is 0.592. The van der Waals surface area contributed by atoms with Gasteiger partial charge in [0.25, 0.3) is 0 Å². The molecule has 12 heavy (non-hydrogen) atoms. The maximum Gasteiger partial charge on any atom is 0.151 e. The molecule has 0 saturated heterocycles. The summed E-state index contributed by atoms with van der Waals surface area (Å²) < 4.78 is 6.40. The van der Waals surface area contributed by atoms with Gasteiger partial charge < -0.3 is 30.3 Å². The van der Waals surface area contributed by atoms with E-state index in [0.29, 0.717) is 0 Å². The molecule has 0 saturated carbocycles. The van der Waals surface area contributed by atoms with E-state index in [1.165, 1.54) is 0 Å². The van der Waals surface area contributed by atoms with Crippen molar-refractivity contribution in [3.63, 3.8) is 0 Å². The Morgan fingerprint density at radius 3 is 2.08 bits per heavy atom. The molecule has 72 valence electrons. The molecule has 0 heterocycles. The summed E-state index contributed by atoms with van der Waals surface area (Å²) in [7, 11) is 0. The molecule has 0 aromatic heterocycles. The second-order valence-corrected chi connectivity index (χ2v) is 2.29. The first kappa shape index (κ1) is 9.56. The van der Waals surface area contributed by atoms with Crippen molar-refractivity contribution in [2.45, 2.75) is 24.4 Å². The zero-order valence-corrected chi connectivity index (χ0v) is 6.16. The Morgan fingerprint density at radius 2 is 1.75 bits per heavy atom. The summed E-state index contributed by atoms with van der Waals surface area (Å²) in [6.07, 6.45) is -9.07. The van der Waals surface area contributed by atoms with Crippen LogP contribution < -0.4 is 0 Å². The summed E-state index contributed by atoms with van der Waals surface area (Å²) in [6.45, 7) is -0.822. The predicted octanol–water partition coefficient (Wildman–Crippen LogP) is -3.38. The summed E-state index contributed by atoms with van der Waals surface area (Å²) in [4.78, 5) is 10.2. The average Bonchev–Trinajstić information content (AvgIpc) is 2.12. The van der Waals surface area contributed by atoms with Crippen molar-refractivity contribution in [1.29, 1.82) is 0 Å². The number of carbonyl (C=O) groups is 1. The first-order chi connectivity index (χ1) is 5.91. The van der Waals surface area contributed by atoms with Crippen molar-refractivity contribution < 1.29 is 31.7 Å². The van der Waals surface area contributed by atoms with Gasteiger partial charge in [0, 0.05) is 0 Å². The highest BCUT2D eigenvalue weighted by Crippen LogP contribution is 2.02. The number of carbonyl (C=O) groups excluding carboxylic acids is 1. The lowest BCUT2D eigenvalue weighted by Crippen LogP contribution is -2.46. The minimum Gasteiger partial charge on any atom is -0.394 e. The monoisotopic (exact) mass is 182 g/mol. The maximum atomic E-state index is 10.2. The Balaban J connectivity index is 4.24. The lowest BCUT2D eigenvalue weighted by atomic mass is 10.0. The number of aliphatic hydroxyl groups excluding tert-OH is 5. The van der Waals surface area contributed by atoms with Crippen molar-refractivity contribution in [3.05, 3.63) is 0 Å². The molecule has 0 aliphatic carbocycles. The van der Waals surface area contributed by atoms with Crippen molar-refractivity contribution >= 4 is 6.26 Å². The highest BCUT2D eigenvalue weighted by molar-refractivity contribution is 5.56. The third-order valence-electron chi connectivity index (χ3n) is 1.38. The smallest absolute Gasteiger partial charge is 0.151 e. The van der Waals surface area contributed by atoms with Crippen LogP contribution in [0.1, 0.15) is 1.37 Å². The lowest BCUT2D eigenvalue weighted by Gasteiger charge is -2.22. The Labute approximate surface area is 70.1 Å². The van der Waals surface area contributed by atoms with Gasteiger partial charge >= 0.3 is 0 Å². The van der Waals surface area contributed by atoms with Gasteiger partial charge in [-0.1, -0.05) is 0 Å². The zero-order chi connectivity index (χ0) is 10.6. The molecule has 4 atom stereocenters. The van der Waals surface area contributed by atoms with Crippen LogP contribution in [0.2, 0.25) is 0 Å². The number of hydrogen-bond acceptors (Lipinski definition) is 6. The highest BCUT2D eigenvalue weighted by Gasteiger charge is 2.29. The van der Waals surface area contributed by atoms with Crippen LogP contribution in [-0.2, 0) is 4.79 Å². The third-order valence-corrected chi connectivity index (χ3v) is 1.38. The van der Waals surface area contributed by atoms with Crippen LogP contribution in [0.4, 0.5) is 0 Å². The van der Waals surface area contributed by atoms with E-state index < -0.39 is 37.3 Å². The Kier molecular flexibility index (Phi) is 4.12. The molecule has 0 amide bonds. The molecule has 0 aromatic rings. The fourth-order valence-corrected chi connectivity index (χ4v) is 0.592. The van der Waals surface area contributed by atoms with Crippen LogP contribution in [-0.4, -0.2) is 62.8 Å². The van der Waals surface area contributed by atoms with Gasteiger partial charge in [0.05, 0.1) is 6.61 Å². The summed E-state index contributed by atoms with van der Waals surface area (Å²) in [5.74, 6) is 0. The van der Waals surface area contributed by atoms with E-state index >= 15 is 0 Å². The SMILES string of the molecule is [3H]C(=O)[C@@H](O)[C@@H](O)[C@H](O)[C@H](O)CO. The van der Waals surface area contributed by atoms with Gasteiger partial charge in [-0.3, -0.25) is 0 Å². The standard InChI is InChI=1S/C6H12O6/c7-1-3(9)5(11)6(12)4(10)2-8/h1,3-6,8-12H,2H2/t3-,4-,5-,6-/m1/s1/i1T. The van der Waals surface area contributed by atoms with Crippen molar-refractivity contribution in [1.82, 2.24) is 0 Å². The second-order valence-electron chi connectivity index (χ2n) is 2.29. The molecule has 5 N–H and O–H groups in total. The topological polar surface area (TPSA) is 118 Å². The van der Waals surface area contributed by atoms with E-state index in [2.05, 4.69) is 0 Å². The molecule has 0 unspecified atom stereocenters. The van der Waals surface area contributed by atoms with Crippen LogP contribution in [0.25, 0.3) is 0 Å². The molecule has 0 rings (SSSR count). The number of hydrogen-bond donors (Lipinski definition) is 5. The summed E-state index contributed by atoms with van der Waals surface area (Å²) in [6, 6.07) is 0. The Bertz CT molecular complexity index is 175. The molecule has 0 aliphatic rings. The fraction of sp³-hybridized carbons (Fsp3) is 0.833. The molecule has 0 fully saturated rings. The van der Waals surface area contributed by atoms with Crippen molar-refractivity contribution in [3.8, 4) is 0 Å². The van der Waals surface area contributed by atoms with E-state index in [-0.39, 0.29) is 0 Å². The summed E-state index contributed by atoms with van der Waals surface area (Å²) >= 11 is 0. The number of aldehydes is 1. The zero-order valence-electron chi connectivity index (χ0n) is 7.16. The lowest BCUT2D eigenvalue weighted by molar-refractivity contribution is -0.136. The molecular weight excluding hydrogens is 168 g/mol. The minimum absolute atomic E-state index is 0.822. The highest BCUT2D eigenvalue weighted by atomic mass is 16.4. The summed E-state index contributed by atoms with van der Waals surface area (Å²) in [5.41, 5.74) is 0. The normalized spacial score (nSPS) is 22.2. The van der Waals surface area contributed by atoms with Gasteiger partial charge in [0.2, 0.25) is 0 Å². The molecule has 6 heteroatoms. The third kappa shape index (κ3) is 2.84. The molecule has 0 aliphatic heterocycles. The van der Waals surface area contributed by atoms with E-state index in [9.17, 15) is 4.79 Å². The number of rotatable bonds is 5. The van der Waals surface area contributed by atoms with Crippen LogP contribution in [0, 0.1) is 0 Å². The van der Waals surface area contributed by atoms with Gasteiger partial charge in [-0.2, -0.15) is 0 Å². The van der Waals surface area contributed by atoms with Gasteiger partial charge in [0.15, 0.2) is 6.26 Å². The number of aliphatic hydroxyl groups is 5. The maximum absolute atomic E-state index is 10.2. The summed E-state index contributed by atoms with van der Waals surface area (Å²) in [5, 5.41) is 43.8. The van der Waals surface area contributed by atoms with E-state index in [4.69, 9.17) is 26.9 Å². The van der Waals surface area contributed by atoms with Gasteiger partial charge in [-0.15, -0.1) is 0 Å². The molecule has 0 bridgehead atoms. The van der Waals surface area contributed by atoms with Gasteiger partial charge in [-0.05, 0) is 0 Å². The minimum atomic E-state index is -2.09. The largest absolute Gasteiger partial charge is 0.394 e. The van der Waals surface area contributed by atoms with Crippen LogP contribution in [0.5, 0.6) is 0 Å². The Morgan fingerprint density at radius 1 is 1.25 bits per heavy atom. The van der Waals surface area contributed by atoms with Crippen molar-refractivity contribution in [2.24, 2.45) is 0 Å². The van der Waals surface area contributed by atoms with Gasteiger partial charge in [0.1, 0.15) is 25.8 Å². The predicted molar refractivity (Wildman–Crippen MR) is 37.2 cm³/mol. The first-order valence-corrected chi connectivity index (χ1v) is 3.25. The molecular formula is C6H12O6.